The fraction of sp³-hybridized carbons (Fsp3) is 0.235. The molecule has 0 unspecified atom stereocenters. The number of pyridine rings is 1. The van der Waals surface area contributed by atoms with Crippen LogP contribution in [0.15, 0.2) is 36.5 Å². The van der Waals surface area contributed by atoms with Crippen LogP contribution in [0.3, 0.4) is 0 Å². The van der Waals surface area contributed by atoms with Crippen LogP contribution in [0.1, 0.15) is 30.1 Å². The van der Waals surface area contributed by atoms with E-state index in [2.05, 4.69) is 22.1 Å². The first-order valence-electron chi connectivity index (χ1n) is 7.11. The Kier molecular flexibility index (Phi) is 2.89. The van der Waals surface area contributed by atoms with Crippen LogP contribution < -0.4 is 0 Å². The zero-order chi connectivity index (χ0) is 14.4. The second-order valence-electron chi connectivity index (χ2n) is 5.54. The quantitative estimate of drug-likeness (QED) is 0.652. The molecule has 2 aromatic heterocycles. The molecule has 1 saturated carbocycles. The van der Waals surface area contributed by atoms with E-state index in [9.17, 15) is 0 Å². The van der Waals surface area contributed by atoms with Gasteiger partial charge >= 0.3 is 0 Å². The molecule has 4 heteroatoms. The zero-order valence-corrected chi connectivity index (χ0v) is 12.4. The molecule has 0 amide bonds. The predicted molar refractivity (Wildman–Crippen MR) is 84.5 cm³/mol. The molecule has 0 bridgehead atoms. The van der Waals surface area contributed by atoms with Gasteiger partial charge in [-0.3, -0.25) is 4.98 Å². The van der Waals surface area contributed by atoms with Gasteiger partial charge in [-0.05, 0) is 31.9 Å². The molecule has 4 rings (SSSR count). The number of nitrogens with zero attached hydrogens (tertiary/aromatic N) is 3. The highest BCUT2D eigenvalue weighted by Crippen LogP contribution is 2.40. The van der Waals surface area contributed by atoms with Gasteiger partial charge < -0.3 is 0 Å². The molecule has 1 fully saturated rings. The molecule has 3 aromatic rings. The Bertz CT molecular complexity index is 841. The van der Waals surface area contributed by atoms with E-state index in [0.29, 0.717) is 11.1 Å². The maximum Gasteiger partial charge on any atom is 0.136 e. The van der Waals surface area contributed by atoms with Gasteiger partial charge in [0.05, 0.1) is 11.2 Å². The second kappa shape index (κ2) is 4.78. The van der Waals surface area contributed by atoms with E-state index in [-0.39, 0.29) is 0 Å². The lowest BCUT2D eigenvalue weighted by molar-refractivity contribution is 0.922. The van der Waals surface area contributed by atoms with Crippen LogP contribution in [0.2, 0.25) is 5.15 Å². The number of rotatable bonds is 2. The molecule has 104 valence electrons. The summed E-state index contributed by atoms with van der Waals surface area (Å²) in [6, 6.07) is 10.2. The van der Waals surface area contributed by atoms with Gasteiger partial charge in [0.2, 0.25) is 0 Å². The Morgan fingerprint density at radius 1 is 1.14 bits per heavy atom. The molecule has 0 radical (unpaired) electrons. The normalized spacial score (nSPS) is 14.6. The van der Waals surface area contributed by atoms with Gasteiger partial charge in [-0.15, -0.1) is 0 Å². The van der Waals surface area contributed by atoms with Crippen molar-refractivity contribution in [1.82, 2.24) is 15.0 Å². The van der Waals surface area contributed by atoms with Crippen molar-refractivity contribution in [2.24, 2.45) is 0 Å². The number of para-hydroxylation sites is 1. The summed E-state index contributed by atoms with van der Waals surface area (Å²) in [5, 5.41) is 1.66. The third-order valence-electron chi connectivity index (χ3n) is 3.91. The Morgan fingerprint density at radius 2 is 1.95 bits per heavy atom. The third-order valence-corrected chi connectivity index (χ3v) is 4.28. The summed E-state index contributed by atoms with van der Waals surface area (Å²) in [4.78, 5) is 13.7. The molecule has 1 aliphatic rings. The minimum atomic E-state index is 0.482. The molecule has 0 atom stereocenters. The fourth-order valence-corrected chi connectivity index (χ4v) is 2.69. The molecule has 21 heavy (non-hydrogen) atoms. The minimum Gasteiger partial charge on any atom is -0.256 e. The van der Waals surface area contributed by atoms with E-state index in [0.717, 1.165) is 46.4 Å². The first kappa shape index (κ1) is 12.7. The summed E-state index contributed by atoms with van der Waals surface area (Å²) in [5.41, 5.74) is 3.80. The molecular formula is C17H14ClN3. The molecular weight excluding hydrogens is 282 g/mol. The van der Waals surface area contributed by atoms with E-state index >= 15 is 0 Å². The first-order valence-corrected chi connectivity index (χ1v) is 7.49. The Labute approximate surface area is 128 Å². The van der Waals surface area contributed by atoms with Crippen molar-refractivity contribution in [3.63, 3.8) is 0 Å². The summed E-state index contributed by atoms with van der Waals surface area (Å²) < 4.78 is 0. The van der Waals surface area contributed by atoms with Gasteiger partial charge in [0.25, 0.3) is 0 Å². The molecule has 0 spiro atoms. The van der Waals surface area contributed by atoms with E-state index in [4.69, 9.17) is 16.6 Å². The van der Waals surface area contributed by atoms with Crippen molar-refractivity contribution in [2.75, 3.05) is 0 Å². The van der Waals surface area contributed by atoms with Crippen LogP contribution in [0.5, 0.6) is 0 Å². The highest BCUT2D eigenvalue weighted by Gasteiger charge is 2.28. The van der Waals surface area contributed by atoms with Gasteiger partial charge in [-0.25, -0.2) is 9.97 Å². The molecule has 0 saturated heterocycles. The zero-order valence-electron chi connectivity index (χ0n) is 11.7. The third kappa shape index (κ3) is 2.28. The smallest absolute Gasteiger partial charge is 0.136 e. The number of fused-ring (bicyclic) bond motifs is 1. The van der Waals surface area contributed by atoms with Crippen molar-refractivity contribution in [3.05, 3.63) is 53.1 Å². The molecule has 3 nitrogen and oxygen atoms in total. The minimum absolute atomic E-state index is 0.482. The lowest BCUT2D eigenvalue weighted by atomic mass is 10.1. The number of hydrogen-bond acceptors (Lipinski definition) is 3. The van der Waals surface area contributed by atoms with E-state index < -0.39 is 0 Å². The lowest BCUT2D eigenvalue weighted by Crippen LogP contribution is -1.99. The standard InChI is InChI=1S/C17H14ClN3/c1-10-15(20-17(11-6-7-11)21-16(10)18)13-8-12-4-2-3-5-14(12)19-9-13/h2-5,8-9,11H,6-7H2,1H3. The molecule has 0 N–H and O–H groups in total. The summed E-state index contributed by atoms with van der Waals surface area (Å²) in [6.07, 6.45) is 4.19. The maximum absolute atomic E-state index is 6.29. The largest absolute Gasteiger partial charge is 0.256 e. The van der Waals surface area contributed by atoms with Crippen LogP contribution in [0.25, 0.3) is 22.2 Å². The number of halogens is 1. The van der Waals surface area contributed by atoms with E-state index in [1.54, 1.807) is 0 Å². The predicted octanol–water partition coefficient (Wildman–Crippen LogP) is 4.53. The van der Waals surface area contributed by atoms with Crippen molar-refractivity contribution in [3.8, 4) is 11.3 Å². The van der Waals surface area contributed by atoms with E-state index in [1.807, 2.05) is 31.3 Å². The van der Waals surface area contributed by atoms with Crippen molar-refractivity contribution in [1.29, 1.82) is 0 Å². The van der Waals surface area contributed by atoms with Crippen molar-refractivity contribution < 1.29 is 0 Å². The van der Waals surface area contributed by atoms with Crippen LogP contribution in [-0.4, -0.2) is 15.0 Å². The van der Waals surface area contributed by atoms with Gasteiger partial charge in [0.15, 0.2) is 0 Å². The highest BCUT2D eigenvalue weighted by molar-refractivity contribution is 6.30. The Balaban J connectivity index is 1.90. The van der Waals surface area contributed by atoms with Crippen LogP contribution in [0.4, 0.5) is 0 Å². The number of aromatic nitrogens is 3. The van der Waals surface area contributed by atoms with Gasteiger partial charge in [0.1, 0.15) is 11.0 Å². The SMILES string of the molecule is Cc1c(Cl)nc(C2CC2)nc1-c1cnc2ccccc2c1. The molecule has 1 aliphatic carbocycles. The monoisotopic (exact) mass is 295 g/mol. The topological polar surface area (TPSA) is 38.7 Å². The number of hydrogen-bond donors (Lipinski definition) is 0. The summed E-state index contributed by atoms with van der Waals surface area (Å²) in [5.74, 6) is 1.35. The average molecular weight is 296 g/mol. The molecule has 0 aliphatic heterocycles. The molecule has 2 heterocycles. The van der Waals surface area contributed by atoms with Crippen molar-refractivity contribution in [2.45, 2.75) is 25.7 Å². The fourth-order valence-electron chi connectivity index (χ4n) is 2.51. The molecule has 1 aromatic carbocycles. The lowest BCUT2D eigenvalue weighted by Gasteiger charge is -2.09. The Hall–Kier alpha value is -2.00. The van der Waals surface area contributed by atoms with Crippen LogP contribution >= 0.6 is 11.6 Å². The summed E-state index contributed by atoms with van der Waals surface area (Å²) >= 11 is 6.29. The Morgan fingerprint density at radius 3 is 2.76 bits per heavy atom. The van der Waals surface area contributed by atoms with Gasteiger partial charge in [-0.2, -0.15) is 0 Å². The van der Waals surface area contributed by atoms with Crippen LogP contribution in [0, 0.1) is 6.92 Å². The summed E-state index contributed by atoms with van der Waals surface area (Å²) in [7, 11) is 0. The first-order chi connectivity index (χ1) is 10.2. The summed E-state index contributed by atoms with van der Waals surface area (Å²) in [6.45, 7) is 1.96. The van der Waals surface area contributed by atoms with Gasteiger partial charge in [0, 0.05) is 28.6 Å². The average Bonchev–Trinajstić information content (AvgIpc) is 3.34. The maximum atomic E-state index is 6.29. The van der Waals surface area contributed by atoms with Crippen molar-refractivity contribution >= 4 is 22.5 Å². The van der Waals surface area contributed by atoms with E-state index in [1.165, 1.54) is 0 Å². The van der Waals surface area contributed by atoms with Crippen LogP contribution in [-0.2, 0) is 0 Å². The van der Waals surface area contributed by atoms with Gasteiger partial charge in [-0.1, -0.05) is 29.8 Å². The number of benzene rings is 1. The second-order valence-corrected chi connectivity index (χ2v) is 5.90. The highest BCUT2D eigenvalue weighted by atomic mass is 35.5.